The molecule has 3 rings (SSSR count). The summed E-state index contributed by atoms with van der Waals surface area (Å²) in [5, 5.41) is 0. The first-order valence-corrected chi connectivity index (χ1v) is 6.69. The Kier molecular flexibility index (Phi) is 3.52. The first-order valence-electron chi connectivity index (χ1n) is 6.69. The van der Waals surface area contributed by atoms with E-state index in [-0.39, 0.29) is 13.2 Å². The number of fused-ring (bicyclic) bond motifs is 1. The van der Waals surface area contributed by atoms with E-state index in [2.05, 4.69) is 0 Å². The number of carbonyl (C=O) groups is 1. The van der Waals surface area contributed by atoms with Gasteiger partial charge in [-0.1, -0.05) is 12.1 Å². The predicted octanol–water partition coefficient (Wildman–Crippen LogP) is 2.02. The van der Waals surface area contributed by atoms with Gasteiger partial charge in [-0.3, -0.25) is 4.79 Å². The second kappa shape index (κ2) is 5.22. The number of morpholine rings is 1. The molecular weight excluding hydrogens is 287 g/mol. The van der Waals surface area contributed by atoms with Crippen molar-refractivity contribution in [2.75, 3.05) is 26.3 Å². The standard InChI is InChI=1S/C14H14F3NO3/c15-14(16,17)11-8-18(5-7-20-11)13(19)10-3-1-2-9-4-6-21-12(9)10/h1-3,11H,4-8H2/t11-/m1/s1. The van der Waals surface area contributed by atoms with Crippen LogP contribution in [0.5, 0.6) is 5.75 Å². The van der Waals surface area contributed by atoms with Gasteiger partial charge < -0.3 is 14.4 Å². The smallest absolute Gasteiger partial charge is 0.416 e. The van der Waals surface area contributed by atoms with Gasteiger partial charge in [0.05, 0.1) is 25.3 Å². The molecule has 0 aromatic heterocycles. The van der Waals surface area contributed by atoms with Gasteiger partial charge >= 0.3 is 6.18 Å². The number of benzene rings is 1. The van der Waals surface area contributed by atoms with Gasteiger partial charge in [-0.15, -0.1) is 0 Å². The Morgan fingerprint density at radius 1 is 1.29 bits per heavy atom. The van der Waals surface area contributed by atoms with Gasteiger partial charge in [-0.2, -0.15) is 13.2 Å². The Morgan fingerprint density at radius 3 is 2.86 bits per heavy atom. The number of halogens is 3. The molecule has 2 aliphatic rings. The predicted molar refractivity (Wildman–Crippen MR) is 67.3 cm³/mol. The number of rotatable bonds is 1. The van der Waals surface area contributed by atoms with E-state index in [4.69, 9.17) is 9.47 Å². The molecule has 0 spiro atoms. The lowest BCUT2D eigenvalue weighted by atomic mass is 10.1. The normalized spacial score (nSPS) is 21.9. The average molecular weight is 301 g/mol. The molecule has 0 unspecified atom stereocenters. The lowest BCUT2D eigenvalue weighted by molar-refractivity contribution is -0.233. The van der Waals surface area contributed by atoms with Crippen LogP contribution in [0.25, 0.3) is 0 Å². The van der Waals surface area contributed by atoms with Crippen LogP contribution < -0.4 is 4.74 Å². The number of amides is 1. The second-order valence-corrected chi connectivity index (χ2v) is 5.04. The molecule has 1 aromatic rings. The van der Waals surface area contributed by atoms with Crippen LogP contribution in [0.15, 0.2) is 18.2 Å². The molecule has 1 fully saturated rings. The van der Waals surface area contributed by atoms with E-state index in [1.165, 1.54) is 4.90 Å². The molecule has 1 saturated heterocycles. The topological polar surface area (TPSA) is 38.8 Å². The highest BCUT2D eigenvalue weighted by molar-refractivity contribution is 5.97. The van der Waals surface area contributed by atoms with Crippen LogP contribution in [0.4, 0.5) is 13.2 Å². The fourth-order valence-electron chi connectivity index (χ4n) is 2.59. The van der Waals surface area contributed by atoms with Gasteiger partial charge in [0.15, 0.2) is 6.10 Å². The molecule has 7 heteroatoms. The number of para-hydroxylation sites is 1. The molecule has 0 N–H and O–H groups in total. The zero-order valence-electron chi connectivity index (χ0n) is 11.2. The lowest BCUT2D eigenvalue weighted by Crippen LogP contribution is -2.51. The number of hydrogen-bond acceptors (Lipinski definition) is 3. The van der Waals surface area contributed by atoms with Crippen LogP contribution in [0.2, 0.25) is 0 Å². The van der Waals surface area contributed by atoms with Gasteiger partial charge in [0.25, 0.3) is 5.91 Å². The molecule has 0 saturated carbocycles. The van der Waals surface area contributed by atoms with Crippen LogP contribution >= 0.6 is 0 Å². The van der Waals surface area contributed by atoms with Crippen LogP contribution in [-0.4, -0.2) is 49.4 Å². The zero-order valence-corrected chi connectivity index (χ0v) is 11.2. The summed E-state index contributed by atoms with van der Waals surface area (Å²) < 4.78 is 48.3. The fourth-order valence-corrected chi connectivity index (χ4v) is 2.59. The number of nitrogens with zero attached hydrogens (tertiary/aromatic N) is 1. The van der Waals surface area contributed by atoms with Gasteiger partial charge in [0.2, 0.25) is 0 Å². The van der Waals surface area contributed by atoms with E-state index in [0.29, 0.717) is 24.3 Å². The molecule has 0 radical (unpaired) electrons. The van der Waals surface area contributed by atoms with E-state index < -0.39 is 24.7 Å². The van der Waals surface area contributed by atoms with Crippen LogP contribution in [0.1, 0.15) is 15.9 Å². The van der Waals surface area contributed by atoms with E-state index in [1.807, 2.05) is 6.07 Å². The molecule has 4 nitrogen and oxygen atoms in total. The van der Waals surface area contributed by atoms with Crippen molar-refractivity contribution in [1.29, 1.82) is 0 Å². The van der Waals surface area contributed by atoms with Crippen molar-refractivity contribution < 1.29 is 27.4 Å². The fraction of sp³-hybridized carbons (Fsp3) is 0.500. The molecule has 1 amide bonds. The van der Waals surface area contributed by atoms with Crippen LogP contribution in [0, 0.1) is 0 Å². The van der Waals surface area contributed by atoms with E-state index in [0.717, 1.165) is 5.56 Å². The molecule has 0 bridgehead atoms. The van der Waals surface area contributed by atoms with Crippen molar-refractivity contribution in [3.63, 3.8) is 0 Å². The highest BCUT2D eigenvalue weighted by Crippen LogP contribution is 2.32. The summed E-state index contributed by atoms with van der Waals surface area (Å²) in [6.45, 7) is 0.0425. The molecular formula is C14H14F3NO3. The van der Waals surface area contributed by atoms with Crippen molar-refractivity contribution in [1.82, 2.24) is 4.90 Å². The van der Waals surface area contributed by atoms with Gasteiger partial charge in [0.1, 0.15) is 5.75 Å². The summed E-state index contributed by atoms with van der Waals surface area (Å²) in [4.78, 5) is 13.6. The molecule has 1 aromatic carbocycles. The summed E-state index contributed by atoms with van der Waals surface area (Å²) >= 11 is 0. The Balaban J connectivity index is 1.81. The zero-order chi connectivity index (χ0) is 15.0. The van der Waals surface area contributed by atoms with Gasteiger partial charge in [0, 0.05) is 13.0 Å². The minimum absolute atomic E-state index is 0.119. The molecule has 1 atom stereocenters. The molecule has 114 valence electrons. The Hall–Kier alpha value is -1.76. The third-order valence-electron chi connectivity index (χ3n) is 3.66. The Bertz CT molecular complexity index is 559. The second-order valence-electron chi connectivity index (χ2n) is 5.04. The maximum Gasteiger partial charge on any atom is 0.416 e. The maximum atomic E-state index is 12.7. The molecule has 2 aliphatic heterocycles. The number of carbonyl (C=O) groups excluding carboxylic acids is 1. The Labute approximate surface area is 119 Å². The van der Waals surface area contributed by atoms with Crippen molar-refractivity contribution in [3.05, 3.63) is 29.3 Å². The first-order chi connectivity index (χ1) is 9.97. The summed E-state index contributed by atoms with van der Waals surface area (Å²) in [6, 6.07) is 5.17. The van der Waals surface area contributed by atoms with Crippen molar-refractivity contribution in [2.24, 2.45) is 0 Å². The van der Waals surface area contributed by atoms with Crippen LogP contribution in [0.3, 0.4) is 0 Å². The SMILES string of the molecule is O=C(c1cccc2c1OCC2)N1CCO[C@@H](C(F)(F)F)C1. The molecule has 21 heavy (non-hydrogen) atoms. The number of hydrogen-bond donors (Lipinski definition) is 0. The average Bonchev–Trinajstić information content (AvgIpc) is 2.94. The first kappa shape index (κ1) is 14.2. The minimum Gasteiger partial charge on any atom is -0.492 e. The van der Waals surface area contributed by atoms with E-state index >= 15 is 0 Å². The third-order valence-corrected chi connectivity index (χ3v) is 3.66. The molecule has 2 heterocycles. The minimum atomic E-state index is -4.46. The van der Waals surface area contributed by atoms with Gasteiger partial charge in [-0.25, -0.2) is 0 Å². The summed E-state index contributed by atoms with van der Waals surface area (Å²) in [7, 11) is 0. The summed E-state index contributed by atoms with van der Waals surface area (Å²) in [5.41, 5.74) is 1.24. The number of ether oxygens (including phenoxy) is 2. The van der Waals surface area contributed by atoms with Crippen molar-refractivity contribution in [2.45, 2.75) is 18.7 Å². The van der Waals surface area contributed by atoms with Crippen molar-refractivity contribution >= 4 is 5.91 Å². The Morgan fingerprint density at radius 2 is 2.10 bits per heavy atom. The maximum absolute atomic E-state index is 12.7. The third kappa shape index (κ3) is 2.70. The lowest BCUT2D eigenvalue weighted by Gasteiger charge is -2.34. The van der Waals surface area contributed by atoms with Crippen LogP contribution in [-0.2, 0) is 11.2 Å². The highest BCUT2D eigenvalue weighted by Gasteiger charge is 2.44. The summed E-state index contributed by atoms with van der Waals surface area (Å²) in [6.07, 6.45) is -5.67. The monoisotopic (exact) mass is 301 g/mol. The molecule has 0 aliphatic carbocycles. The van der Waals surface area contributed by atoms with Crippen molar-refractivity contribution in [3.8, 4) is 5.75 Å². The van der Waals surface area contributed by atoms with E-state index in [1.54, 1.807) is 12.1 Å². The largest absolute Gasteiger partial charge is 0.492 e. The van der Waals surface area contributed by atoms with Gasteiger partial charge in [-0.05, 0) is 11.6 Å². The number of alkyl halides is 3. The quantitative estimate of drug-likeness (QED) is 0.796. The van der Waals surface area contributed by atoms with E-state index in [9.17, 15) is 18.0 Å². The summed E-state index contributed by atoms with van der Waals surface area (Å²) in [5.74, 6) is 0.0591. The highest BCUT2D eigenvalue weighted by atomic mass is 19.4.